The van der Waals surface area contributed by atoms with E-state index in [9.17, 15) is 4.39 Å². The summed E-state index contributed by atoms with van der Waals surface area (Å²) >= 11 is 5.97. The molecule has 1 aliphatic carbocycles. The molecule has 92 valence electrons. The van der Waals surface area contributed by atoms with Gasteiger partial charge in [0, 0.05) is 11.1 Å². The van der Waals surface area contributed by atoms with E-state index < -0.39 is 0 Å². The molecule has 0 saturated carbocycles. The van der Waals surface area contributed by atoms with Gasteiger partial charge in [-0.05, 0) is 36.1 Å². The van der Waals surface area contributed by atoms with Crippen molar-refractivity contribution in [2.75, 3.05) is 5.32 Å². The SMILES string of the molecule is Fc1cncc(NC2CCc3cc(Cl)ccc32)c1. The molecule has 18 heavy (non-hydrogen) atoms. The molecule has 4 heteroatoms. The van der Waals surface area contributed by atoms with Gasteiger partial charge in [-0.2, -0.15) is 0 Å². The van der Waals surface area contributed by atoms with Crippen molar-refractivity contribution in [1.29, 1.82) is 0 Å². The number of fused-ring (bicyclic) bond motifs is 1. The molecule has 1 aromatic heterocycles. The van der Waals surface area contributed by atoms with Crippen LogP contribution in [0.4, 0.5) is 10.1 Å². The maximum absolute atomic E-state index is 13.1. The third-order valence-electron chi connectivity index (χ3n) is 3.23. The summed E-state index contributed by atoms with van der Waals surface area (Å²) in [5.74, 6) is -0.325. The summed E-state index contributed by atoms with van der Waals surface area (Å²) < 4.78 is 13.1. The molecule has 0 amide bonds. The Bertz CT molecular complexity index is 586. The van der Waals surface area contributed by atoms with Gasteiger partial charge in [0.2, 0.25) is 0 Å². The molecule has 2 nitrogen and oxygen atoms in total. The van der Waals surface area contributed by atoms with Crippen LogP contribution in [0.5, 0.6) is 0 Å². The van der Waals surface area contributed by atoms with Crippen LogP contribution in [0.2, 0.25) is 5.02 Å². The number of aromatic nitrogens is 1. The number of nitrogens with one attached hydrogen (secondary N) is 1. The van der Waals surface area contributed by atoms with E-state index >= 15 is 0 Å². The van der Waals surface area contributed by atoms with Gasteiger partial charge in [0.05, 0.1) is 24.1 Å². The Balaban J connectivity index is 1.85. The number of aryl methyl sites for hydroxylation is 1. The maximum atomic E-state index is 13.1. The van der Waals surface area contributed by atoms with Crippen molar-refractivity contribution < 1.29 is 4.39 Å². The third kappa shape index (κ3) is 2.18. The molecule has 1 heterocycles. The minimum atomic E-state index is -0.325. The standard InChI is InChI=1S/C14H12ClFN2/c15-10-2-3-13-9(5-10)1-4-14(13)18-12-6-11(16)7-17-8-12/h2-3,5-8,14,18H,1,4H2. The van der Waals surface area contributed by atoms with Crippen molar-refractivity contribution in [3.05, 3.63) is 58.6 Å². The van der Waals surface area contributed by atoms with Crippen molar-refractivity contribution >= 4 is 17.3 Å². The highest BCUT2D eigenvalue weighted by atomic mass is 35.5. The van der Waals surface area contributed by atoms with E-state index in [1.54, 1.807) is 6.20 Å². The lowest BCUT2D eigenvalue weighted by Gasteiger charge is -2.15. The summed E-state index contributed by atoms with van der Waals surface area (Å²) in [4.78, 5) is 3.84. The van der Waals surface area contributed by atoms with Gasteiger partial charge < -0.3 is 5.32 Å². The molecule has 3 rings (SSSR count). The van der Waals surface area contributed by atoms with Crippen LogP contribution in [-0.4, -0.2) is 4.98 Å². The van der Waals surface area contributed by atoms with Crippen LogP contribution in [0.1, 0.15) is 23.6 Å². The normalized spacial score (nSPS) is 17.6. The Morgan fingerprint density at radius 1 is 1.28 bits per heavy atom. The first-order valence-corrected chi connectivity index (χ1v) is 6.25. The van der Waals surface area contributed by atoms with Gasteiger partial charge in [0.1, 0.15) is 5.82 Å². The number of benzene rings is 1. The molecule has 1 aromatic carbocycles. The number of rotatable bonds is 2. The molecule has 1 unspecified atom stereocenters. The molecule has 0 saturated heterocycles. The fourth-order valence-electron chi connectivity index (χ4n) is 2.43. The minimum Gasteiger partial charge on any atom is -0.377 e. The first kappa shape index (κ1) is 11.5. The van der Waals surface area contributed by atoms with Crippen LogP contribution >= 0.6 is 11.6 Å². The third-order valence-corrected chi connectivity index (χ3v) is 3.46. The highest BCUT2D eigenvalue weighted by Crippen LogP contribution is 2.35. The lowest BCUT2D eigenvalue weighted by atomic mass is 10.1. The van der Waals surface area contributed by atoms with Crippen molar-refractivity contribution in [1.82, 2.24) is 4.98 Å². The number of halogens is 2. The highest BCUT2D eigenvalue weighted by Gasteiger charge is 2.22. The summed E-state index contributed by atoms with van der Waals surface area (Å²) in [6.45, 7) is 0. The van der Waals surface area contributed by atoms with Gasteiger partial charge in [-0.15, -0.1) is 0 Å². The van der Waals surface area contributed by atoms with E-state index in [-0.39, 0.29) is 11.9 Å². The largest absolute Gasteiger partial charge is 0.377 e. The summed E-state index contributed by atoms with van der Waals surface area (Å²) in [6, 6.07) is 7.60. The van der Waals surface area contributed by atoms with Gasteiger partial charge in [-0.25, -0.2) is 4.39 Å². The molecule has 1 aliphatic rings. The van der Waals surface area contributed by atoms with Crippen molar-refractivity contribution in [3.8, 4) is 0 Å². The second-order valence-corrected chi connectivity index (χ2v) is 4.91. The van der Waals surface area contributed by atoms with E-state index in [1.165, 1.54) is 23.4 Å². The molecule has 0 spiro atoms. The number of anilines is 1. The predicted octanol–water partition coefficient (Wildman–Crippen LogP) is 3.97. The van der Waals surface area contributed by atoms with Gasteiger partial charge in [0.15, 0.2) is 0 Å². The smallest absolute Gasteiger partial charge is 0.143 e. The number of hydrogen-bond donors (Lipinski definition) is 1. The lowest BCUT2D eigenvalue weighted by molar-refractivity contribution is 0.621. The summed E-state index contributed by atoms with van der Waals surface area (Å²) in [7, 11) is 0. The fourth-order valence-corrected chi connectivity index (χ4v) is 2.62. The first-order valence-electron chi connectivity index (χ1n) is 5.88. The first-order chi connectivity index (χ1) is 8.72. The number of nitrogens with zero attached hydrogens (tertiary/aromatic N) is 1. The van der Waals surface area contributed by atoms with Crippen molar-refractivity contribution in [3.63, 3.8) is 0 Å². The van der Waals surface area contributed by atoms with E-state index in [2.05, 4.69) is 10.3 Å². The molecule has 0 fully saturated rings. The number of pyridine rings is 1. The van der Waals surface area contributed by atoms with Gasteiger partial charge >= 0.3 is 0 Å². The Kier molecular flexibility index (Phi) is 2.92. The molecule has 1 atom stereocenters. The van der Waals surface area contributed by atoms with Gasteiger partial charge in [-0.1, -0.05) is 17.7 Å². The zero-order valence-electron chi connectivity index (χ0n) is 9.66. The molecule has 0 aliphatic heterocycles. The fraction of sp³-hybridized carbons (Fsp3) is 0.214. The Morgan fingerprint density at radius 3 is 3.00 bits per heavy atom. The lowest BCUT2D eigenvalue weighted by Crippen LogP contribution is -2.07. The zero-order valence-corrected chi connectivity index (χ0v) is 10.4. The van der Waals surface area contributed by atoms with E-state index in [1.807, 2.05) is 18.2 Å². The predicted molar refractivity (Wildman–Crippen MR) is 70.3 cm³/mol. The molecule has 0 radical (unpaired) electrons. The quantitative estimate of drug-likeness (QED) is 0.886. The maximum Gasteiger partial charge on any atom is 0.143 e. The monoisotopic (exact) mass is 262 g/mol. The van der Waals surface area contributed by atoms with E-state index in [4.69, 9.17) is 11.6 Å². The van der Waals surface area contributed by atoms with Gasteiger partial charge in [0.25, 0.3) is 0 Å². The van der Waals surface area contributed by atoms with E-state index in [0.29, 0.717) is 5.69 Å². The van der Waals surface area contributed by atoms with Crippen LogP contribution in [0.15, 0.2) is 36.7 Å². The van der Waals surface area contributed by atoms with Crippen LogP contribution in [0, 0.1) is 5.82 Å². The average molecular weight is 263 g/mol. The van der Waals surface area contributed by atoms with Crippen LogP contribution < -0.4 is 5.32 Å². The van der Waals surface area contributed by atoms with Crippen molar-refractivity contribution in [2.24, 2.45) is 0 Å². The molecular formula is C14H12ClFN2. The summed E-state index contributed by atoms with van der Waals surface area (Å²) in [6.07, 6.45) is 4.83. The Labute approximate surface area is 110 Å². The summed E-state index contributed by atoms with van der Waals surface area (Å²) in [5.41, 5.74) is 3.22. The molecule has 1 N–H and O–H groups in total. The van der Waals surface area contributed by atoms with Gasteiger partial charge in [-0.3, -0.25) is 4.98 Å². The molecular weight excluding hydrogens is 251 g/mol. The van der Waals surface area contributed by atoms with E-state index in [0.717, 1.165) is 17.9 Å². The second-order valence-electron chi connectivity index (χ2n) is 4.47. The number of hydrogen-bond acceptors (Lipinski definition) is 2. The van der Waals surface area contributed by atoms with Crippen LogP contribution in [0.25, 0.3) is 0 Å². The van der Waals surface area contributed by atoms with Crippen LogP contribution in [-0.2, 0) is 6.42 Å². The minimum absolute atomic E-state index is 0.209. The van der Waals surface area contributed by atoms with Crippen LogP contribution in [0.3, 0.4) is 0 Å². The highest BCUT2D eigenvalue weighted by molar-refractivity contribution is 6.30. The average Bonchev–Trinajstić information content (AvgIpc) is 2.72. The zero-order chi connectivity index (χ0) is 12.5. The molecule has 2 aromatic rings. The second kappa shape index (κ2) is 4.58. The summed E-state index contributed by atoms with van der Waals surface area (Å²) in [5, 5.41) is 4.08. The Morgan fingerprint density at radius 2 is 2.17 bits per heavy atom. The topological polar surface area (TPSA) is 24.9 Å². The Hall–Kier alpha value is -1.61. The van der Waals surface area contributed by atoms with Crippen molar-refractivity contribution in [2.45, 2.75) is 18.9 Å². The molecule has 0 bridgehead atoms.